The van der Waals surface area contributed by atoms with Gasteiger partial charge in [-0.05, 0) is 50.5 Å². The van der Waals surface area contributed by atoms with Gasteiger partial charge < -0.3 is 10.1 Å². The van der Waals surface area contributed by atoms with E-state index in [1.807, 2.05) is 17.7 Å². The molecule has 4 heteroatoms. The van der Waals surface area contributed by atoms with Crippen molar-refractivity contribution >= 4 is 0 Å². The van der Waals surface area contributed by atoms with Crippen LogP contribution >= 0.6 is 0 Å². The second kappa shape index (κ2) is 6.31. The third-order valence-electron chi connectivity index (χ3n) is 3.75. The van der Waals surface area contributed by atoms with Gasteiger partial charge in [0.25, 0.3) is 0 Å². The Balaban J connectivity index is 1.50. The number of nitrogens with zero attached hydrogens (tertiary/aromatic N) is 2. The normalized spacial score (nSPS) is 14.4. The molecule has 1 aromatic heterocycles. The van der Waals surface area contributed by atoms with Crippen LogP contribution in [0.4, 0.5) is 0 Å². The van der Waals surface area contributed by atoms with E-state index in [2.05, 4.69) is 41.6 Å². The second-order valence-electron chi connectivity index (χ2n) is 5.80. The molecule has 1 saturated carbocycles. The van der Waals surface area contributed by atoms with Gasteiger partial charge in [0.2, 0.25) is 0 Å². The summed E-state index contributed by atoms with van der Waals surface area (Å²) < 4.78 is 7.84. The van der Waals surface area contributed by atoms with Crippen molar-refractivity contribution < 1.29 is 4.74 Å². The standard InChI is InChI=1S/C17H23N3O/c1-13-10-14(2)20(19-13)8-9-21-17-5-3-4-15(11-17)12-18-16-6-7-16/h3-5,10-11,16,18H,6-9,12H2,1-2H3. The van der Waals surface area contributed by atoms with Crippen LogP contribution in [0.5, 0.6) is 5.75 Å². The first-order chi connectivity index (χ1) is 10.2. The Labute approximate surface area is 126 Å². The van der Waals surface area contributed by atoms with Crippen LogP contribution < -0.4 is 10.1 Å². The van der Waals surface area contributed by atoms with Gasteiger partial charge in [0, 0.05) is 18.3 Å². The Kier molecular flexibility index (Phi) is 4.25. The maximum absolute atomic E-state index is 5.85. The summed E-state index contributed by atoms with van der Waals surface area (Å²) in [6.07, 6.45) is 2.64. The van der Waals surface area contributed by atoms with Gasteiger partial charge in [0.05, 0.1) is 12.2 Å². The Morgan fingerprint density at radius 3 is 2.86 bits per heavy atom. The van der Waals surface area contributed by atoms with Gasteiger partial charge in [0.15, 0.2) is 0 Å². The van der Waals surface area contributed by atoms with E-state index < -0.39 is 0 Å². The molecule has 4 nitrogen and oxygen atoms in total. The fourth-order valence-electron chi connectivity index (χ4n) is 2.45. The molecule has 0 unspecified atom stereocenters. The molecular formula is C17H23N3O. The van der Waals surface area contributed by atoms with Crippen LogP contribution in [0.15, 0.2) is 30.3 Å². The van der Waals surface area contributed by atoms with Gasteiger partial charge in [-0.1, -0.05) is 12.1 Å². The maximum atomic E-state index is 5.85. The highest BCUT2D eigenvalue weighted by Gasteiger charge is 2.19. The van der Waals surface area contributed by atoms with Crippen LogP contribution in [0, 0.1) is 13.8 Å². The lowest BCUT2D eigenvalue weighted by Crippen LogP contribution is -2.15. The minimum Gasteiger partial charge on any atom is -0.492 e. The van der Waals surface area contributed by atoms with Crippen molar-refractivity contribution in [1.29, 1.82) is 0 Å². The molecule has 1 fully saturated rings. The molecule has 0 saturated heterocycles. The van der Waals surface area contributed by atoms with Gasteiger partial charge in [0.1, 0.15) is 12.4 Å². The van der Waals surface area contributed by atoms with Crippen molar-refractivity contribution in [2.45, 2.75) is 45.8 Å². The van der Waals surface area contributed by atoms with Gasteiger partial charge in [-0.15, -0.1) is 0 Å². The molecule has 0 bridgehead atoms. The first-order valence-corrected chi connectivity index (χ1v) is 7.67. The molecule has 1 aliphatic carbocycles. The molecule has 2 aromatic rings. The van der Waals surface area contributed by atoms with E-state index in [1.165, 1.54) is 24.1 Å². The van der Waals surface area contributed by atoms with E-state index in [0.717, 1.165) is 30.6 Å². The van der Waals surface area contributed by atoms with E-state index in [-0.39, 0.29) is 0 Å². The number of aryl methyl sites for hydroxylation is 2. The Bertz CT molecular complexity index is 602. The van der Waals surface area contributed by atoms with Crippen molar-refractivity contribution in [2.24, 2.45) is 0 Å². The number of hydrogen-bond acceptors (Lipinski definition) is 3. The Morgan fingerprint density at radius 1 is 1.29 bits per heavy atom. The van der Waals surface area contributed by atoms with Crippen LogP contribution in [0.1, 0.15) is 29.8 Å². The van der Waals surface area contributed by atoms with Crippen LogP contribution in [-0.2, 0) is 13.1 Å². The fraction of sp³-hybridized carbons (Fsp3) is 0.471. The average Bonchev–Trinajstić information content (AvgIpc) is 3.23. The zero-order valence-electron chi connectivity index (χ0n) is 12.8. The molecule has 1 heterocycles. The predicted molar refractivity (Wildman–Crippen MR) is 83.5 cm³/mol. The number of aromatic nitrogens is 2. The molecule has 0 aliphatic heterocycles. The highest BCUT2D eigenvalue weighted by Crippen LogP contribution is 2.20. The summed E-state index contributed by atoms with van der Waals surface area (Å²) in [5.41, 5.74) is 3.52. The quantitative estimate of drug-likeness (QED) is 0.850. The van der Waals surface area contributed by atoms with Crippen molar-refractivity contribution in [3.8, 4) is 5.75 Å². The van der Waals surface area contributed by atoms with Crippen molar-refractivity contribution in [3.05, 3.63) is 47.3 Å². The molecule has 1 N–H and O–H groups in total. The van der Waals surface area contributed by atoms with Crippen LogP contribution in [0.2, 0.25) is 0 Å². The minimum atomic E-state index is 0.640. The lowest BCUT2D eigenvalue weighted by atomic mass is 10.2. The molecule has 0 radical (unpaired) electrons. The Morgan fingerprint density at radius 2 is 2.14 bits per heavy atom. The molecule has 0 atom stereocenters. The van der Waals surface area contributed by atoms with Gasteiger partial charge in [-0.25, -0.2) is 0 Å². The predicted octanol–water partition coefficient (Wildman–Crippen LogP) is 2.83. The summed E-state index contributed by atoms with van der Waals surface area (Å²) in [6.45, 7) is 6.44. The molecule has 0 amide bonds. The molecular weight excluding hydrogens is 262 g/mol. The fourth-order valence-corrected chi connectivity index (χ4v) is 2.45. The van der Waals surface area contributed by atoms with Gasteiger partial charge in [-0.2, -0.15) is 5.10 Å². The van der Waals surface area contributed by atoms with E-state index in [0.29, 0.717) is 6.61 Å². The molecule has 1 aliphatic rings. The highest BCUT2D eigenvalue weighted by atomic mass is 16.5. The zero-order chi connectivity index (χ0) is 14.7. The van der Waals surface area contributed by atoms with Crippen LogP contribution in [0.25, 0.3) is 0 Å². The SMILES string of the molecule is Cc1cc(C)n(CCOc2cccc(CNC3CC3)c2)n1. The van der Waals surface area contributed by atoms with Gasteiger partial charge in [-0.3, -0.25) is 4.68 Å². The maximum Gasteiger partial charge on any atom is 0.119 e. The van der Waals surface area contributed by atoms with Crippen molar-refractivity contribution in [2.75, 3.05) is 6.61 Å². The molecule has 112 valence electrons. The van der Waals surface area contributed by atoms with Crippen LogP contribution in [-0.4, -0.2) is 22.4 Å². The van der Waals surface area contributed by atoms with Crippen LogP contribution in [0.3, 0.4) is 0 Å². The van der Waals surface area contributed by atoms with E-state index in [1.54, 1.807) is 0 Å². The number of benzene rings is 1. The third kappa shape index (κ3) is 4.08. The summed E-state index contributed by atoms with van der Waals surface area (Å²) in [6, 6.07) is 11.2. The summed E-state index contributed by atoms with van der Waals surface area (Å²) in [7, 11) is 0. The summed E-state index contributed by atoms with van der Waals surface area (Å²) >= 11 is 0. The van der Waals surface area contributed by atoms with Crippen molar-refractivity contribution in [1.82, 2.24) is 15.1 Å². The van der Waals surface area contributed by atoms with E-state index in [9.17, 15) is 0 Å². The third-order valence-corrected chi connectivity index (χ3v) is 3.75. The Hall–Kier alpha value is -1.81. The largest absolute Gasteiger partial charge is 0.492 e. The number of nitrogens with one attached hydrogen (secondary N) is 1. The summed E-state index contributed by atoms with van der Waals surface area (Å²) in [4.78, 5) is 0. The molecule has 1 aromatic carbocycles. The monoisotopic (exact) mass is 285 g/mol. The average molecular weight is 285 g/mol. The molecule has 21 heavy (non-hydrogen) atoms. The first kappa shape index (κ1) is 14.1. The van der Waals surface area contributed by atoms with E-state index >= 15 is 0 Å². The minimum absolute atomic E-state index is 0.640. The second-order valence-corrected chi connectivity index (χ2v) is 5.80. The first-order valence-electron chi connectivity index (χ1n) is 7.67. The zero-order valence-corrected chi connectivity index (χ0v) is 12.8. The van der Waals surface area contributed by atoms with Crippen molar-refractivity contribution in [3.63, 3.8) is 0 Å². The molecule has 3 rings (SSSR count). The highest BCUT2D eigenvalue weighted by molar-refractivity contribution is 5.28. The number of rotatable bonds is 7. The van der Waals surface area contributed by atoms with E-state index in [4.69, 9.17) is 4.74 Å². The number of hydrogen-bond donors (Lipinski definition) is 1. The number of ether oxygens (including phenoxy) is 1. The lowest BCUT2D eigenvalue weighted by Gasteiger charge is -2.09. The smallest absolute Gasteiger partial charge is 0.119 e. The summed E-state index contributed by atoms with van der Waals surface area (Å²) in [5, 5.41) is 7.96. The molecule has 0 spiro atoms. The lowest BCUT2D eigenvalue weighted by molar-refractivity contribution is 0.289. The van der Waals surface area contributed by atoms with Gasteiger partial charge >= 0.3 is 0 Å². The summed E-state index contributed by atoms with van der Waals surface area (Å²) in [5.74, 6) is 0.937. The topological polar surface area (TPSA) is 39.1 Å².